The average Bonchev–Trinajstić information content (AvgIpc) is 3.18. The third-order valence-corrected chi connectivity index (χ3v) is 6.51. The van der Waals surface area contributed by atoms with Crippen molar-refractivity contribution in [3.05, 3.63) is 34.9 Å². The highest BCUT2D eigenvalue weighted by Crippen LogP contribution is 2.29. The quantitative estimate of drug-likeness (QED) is 0.851. The van der Waals surface area contributed by atoms with Crippen LogP contribution in [0.3, 0.4) is 0 Å². The van der Waals surface area contributed by atoms with Gasteiger partial charge in [0.15, 0.2) is 0 Å². The standard InChI is InChI=1S/C20H29ClN4O/c21-17-7-3-2-6-16(17)18-14-19(23-22-18)20(26)25-12-8-15(9-13-25)24-10-4-1-5-11-24/h2-3,6-7,15,18-19,22-23H,1,4-5,8-14H2. The molecule has 1 amide bonds. The Balaban J connectivity index is 1.30. The van der Waals surface area contributed by atoms with Crippen molar-refractivity contribution >= 4 is 17.5 Å². The van der Waals surface area contributed by atoms with E-state index in [0.29, 0.717) is 6.04 Å². The van der Waals surface area contributed by atoms with E-state index in [1.807, 2.05) is 24.3 Å². The first-order valence-corrected chi connectivity index (χ1v) is 10.4. The van der Waals surface area contributed by atoms with Gasteiger partial charge in [-0.25, -0.2) is 10.9 Å². The van der Waals surface area contributed by atoms with Crippen molar-refractivity contribution in [1.29, 1.82) is 0 Å². The molecule has 3 fully saturated rings. The molecule has 0 aromatic heterocycles. The molecule has 4 rings (SSSR count). The zero-order chi connectivity index (χ0) is 17.9. The summed E-state index contributed by atoms with van der Waals surface area (Å²) >= 11 is 6.30. The van der Waals surface area contributed by atoms with Gasteiger partial charge in [0.1, 0.15) is 6.04 Å². The Morgan fingerprint density at radius 3 is 2.46 bits per heavy atom. The first-order chi connectivity index (χ1) is 12.7. The highest BCUT2D eigenvalue weighted by molar-refractivity contribution is 6.31. The first kappa shape index (κ1) is 18.2. The maximum absolute atomic E-state index is 12.9. The van der Waals surface area contributed by atoms with Gasteiger partial charge >= 0.3 is 0 Å². The van der Waals surface area contributed by atoms with Gasteiger partial charge < -0.3 is 9.80 Å². The van der Waals surface area contributed by atoms with Crippen LogP contribution in [0.15, 0.2) is 24.3 Å². The number of hydrazine groups is 1. The van der Waals surface area contributed by atoms with Crippen LogP contribution >= 0.6 is 11.6 Å². The predicted molar refractivity (Wildman–Crippen MR) is 104 cm³/mol. The van der Waals surface area contributed by atoms with E-state index in [1.165, 1.54) is 32.4 Å². The molecule has 1 aromatic carbocycles. The topological polar surface area (TPSA) is 47.6 Å². The highest BCUT2D eigenvalue weighted by atomic mass is 35.5. The molecular formula is C20H29ClN4O. The highest BCUT2D eigenvalue weighted by Gasteiger charge is 2.35. The minimum absolute atomic E-state index is 0.0866. The Labute approximate surface area is 161 Å². The molecule has 3 heterocycles. The van der Waals surface area contributed by atoms with Gasteiger partial charge in [0, 0.05) is 30.2 Å². The van der Waals surface area contributed by atoms with Crippen LogP contribution in [0, 0.1) is 0 Å². The maximum atomic E-state index is 12.9. The van der Waals surface area contributed by atoms with Crippen molar-refractivity contribution in [2.75, 3.05) is 26.2 Å². The maximum Gasteiger partial charge on any atom is 0.241 e. The number of halogens is 1. The van der Waals surface area contributed by atoms with Crippen molar-refractivity contribution in [3.63, 3.8) is 0 Å². The van der Waals surface area contributed by atoms with Crippen LogP contribution in [0.4, 0.5) is 0 Å². The third-order valence-electron chi connectivity index (χ3n) is 6.17. The number of amides is 1. The molecular weight excluding hydrogens is 348 g/mol. The summed E-state index contributed by atoms with van der Waals surface area (Å²) in [6.45, 7) is 4.25. The van der Waals surface area contributed by atoms with Crippen LogP contribution in [-0.4, -0.2) is 54.0 Å². The molecule has 0 radical (unpaired) electrons. The molecule has 0 aliphatic carbocycles. The van der Waals surface area contributed by atoms with E-state index in [4.69, 9.17) is 11.6 Å². The zero-order valence-corrected chi connectivity index (χ0v) is 16.0. The van der Waals surface area contributed by atoms with Crippen LogP contribution in [0.1, 0.15) is 50.1 Å². The second-order valence-corrected chi connectivity index (χ2v) is 8.21. The Kier molecular flexibility index (Phi) is 5.79. The first-order valence-electron chi connectivity index (χ1n) is 10.0. The Hall–Kier alpha value is -1.14. The second-order valence-electron chi connectivity index (χ2n) is 7.80. The molecule has 2 atom stereocenters. The fourth-order valence-corrected chi connectivity index (χ4v) is 4.90. The van der Waals surface area contributed by atoms with Gasteiger partial charge in [-0.3, -0.25) is 4.79 Å². The molecule has 0 saturated carbocycles. The normalized spacial score (nSPS) is 28.4. The molecule has 0 spiro atoms. The summed E-state index contributed by atoms with van der Waals surface area (Å²) in [6, 6.07) is 8.45. The van der Waals surface area contributed by atoms with Gasteiger partial charge in [-0.2, -0.15) is 0 Å². The number of rotatable bonds is 3. The minimum atomic E-state index is -0.164. The van der Waals surface area contributed by atoms with E-state index in [9.17, 15) is 4.79 Å². The minimum Gasteiger partial charge on any atom is -0.341 e. The Bertz CT molecular complexity index is 626. The van der Waals surface area contributed by atoms with Gasteiger partial charge in [-0.1, -0.05) is 36.2 Å². The van der Waals surface area contributed by atoms with E-state index in [0.717, 1.165) is 42.9 Å². The fourth-order valence-electron chi connectivity index (χ4n) is 4.64. The number of nitrogens with one attached hydrogen (secondary N) is 2. The summed E-state index contributed by atoms with van der Waals surface area (Å²) in [5.41, 5.74) is 7.50. The smallest absolute Gasteiger partial charge is 0.241 e. The van der Waals surface area contributed by atoms with Crippen LogP contribution in [-0.2, 0) is 4.79 Å². The van der Waals surface area contributed by atoms with E-state index >= 15 is 0 Å². The number of hydrogen-bond donors (Lipinski definition) is 2. The number of benzene rings is 1. The van der Waals surface area contributed by atoms with Crippen LogP contribution in [0.5, 0.6) is 0 Å². The van der Waals surface area contributed by atoms with Crippen LogP contribution < -0.4 is 10.9 Å². The van der Waals surface area contributed by atoms with Gasteiger partial charge in [0.05, 0.1) is 0 Å². The SMILES string of the molecule is O=C(C1CC(c2ccccc2Cl)NN1)N1CCC(N2CCCCC2)CC1. The van der Waals surface area contributed by atoms with Crippen LogP contribution in [0.25, 0.3) is 0 Å². The molecule has 0 bridgehead atoms. The molecule has 2 unspecified atom stereocenters. The monoisotopic (exact) mass is 376 g/mol. The number of carbonyl (C=O) groups is 1. The lowest BCUT2D eigenvalue weighted by molar-refractivity contribution is -0.134. The third kappa shape index (κ3) is 3.91. The molecule has 3 saturated heterocycles. The van der Waals surface area contributed by atoms with Crippen molar-refractivity contribution in [2.45, 2.75) is 56.7 Å². The van der Waals surface area contributed by atoms with Crippen molar-refractivity contribution in [2.24, 2.45) is 0 Å². The van der Waals surface area contributed by atoms with E-state index in [-0.39, 0.29) is 18.0 Å². The molecule has 2 N–H and O–H groups in total. The molecule has 142 valence electrons. The second kappa shape index (κ2) is 8.26. The Morgan fingerprint density at radius 2 is 1.73 bits per heavy atom. The summed E-state index contributed by atoms with van der Waals surface area (Å²) in [6.07, 6.45) is 7.01. The molecule has 1 aromatic rings. The largest absolute Gasteiger partial charge is 0.341 e. The fraction of sp³-hybridized carbons (Fsp3) is 0.650. The lowest BCUT2D eigenvalue weighted by Gasteiger charge is -2.40. The summed E-state index contributed by atoms with van der Waals surface area (Å²) < 4.78 is 0. The zero-order valence-electron chi connectivity index (χ0n) is 15.3. The molecule has 3 aliphatic rings. The van der Waals surface area contributed by atoms with Crippen LogP contribution in [0.2, 0.25) is 5.02 Å². The lowest BCUT2D eigenvalue weighted by atomic mass is 9.98. The van der Waals surface area contributed by atoms with Gasteiger partial charge in [-0.15, -0.1) is 0 Å². The molecule has 3 aliphatic heterocycles. The average molecular weight is 377 g/mol. The summed E-state index contributed by atoms with van der Waals surface area (Å²) in [4.78, 5) is 17.6. The van der Waals surface area contributed by atoms with E-state index < -0.39 is 0 Å². The number of nitrogens with zero attached hydrogens (tertiary/aromatic N) is 2. The molecule has 5 nitrogen and oxygen atoms in total. The number of hydrogen-bond acceptors (Lipinski definition) is 4. The number of piperidine rings is 2. The number of carbonyl (C=O) groups excluding carboxylic acids is 1. The lowest BCUT2D eigenvalue weighted by Crippen LogP contribution is -2.52. The summed E-state index contributed by atoms with van der Waals surface area (Å²) in [7, 11) is 0. The molecule has 6 heteroatoms. The molecule has 26 heavy (non-hydrogen) atoms. The Morgan fingerprint density at radius 1 is 1.00 bits per heavy atom. The van der Waals surface area contributed by atoms with E-state index in [2.05, 4.69) is 20.7 Å². The van der Waals surface area contributed by atoms with Crippen molar-refractivity contribution < 1.29 is 4.79 Å². The van der Waals surface area contributed by atoms with E-state index in [1.54, 1.807) is 0 Å². The summed E-state index contributed by atoms with van der Waals surface area (Å²) in [5.74, 6) is 0.226. The van der Waals surface area contributed by atoms with Crippen molar-refractivity contribution in [1.82, 2.24) is 20.7 Å². The van der Waals surface area contributed by atoms with Gasteiger partial charge in [-0.05, 0) is 56.8 Å². The number of likely N-dealkylation sites (tertiary alicyclic amines) is 2. The van der Waals surface area contributed by atoms with Gasteiger partial charge in [0.25, 0.3) is 0 Å². The predicted octanol–water partition coefficient (Wildman–Crippen LogP) is 2.72. The van der Waals surface area contributed by atoms with Gasteiger partial charge in [0.2, 0.25) is 5.91 Å². The van der Waals surface area contributed by atoms with Crippen molar-refractivity contribution in [3.8, 4) is 0 Å². The summed E-state index contributed by atoms with van der Waals surface area (Å²) in [5, 5.41) is 0.752.